The van der Waals surface area contributed by atoms with E-state index in [1.165, 1.54) is 10.6 Å². The molecule has 1 N–H and O–H groups in total. The first kappa shape index (κ1) is 22.8. The average molecular weight is 476 g/mol. The fourth-order valence-corrected chi connectivity index (χ4v) is 4.22. The summed E-state index contributed by atoms with van der Waals surface area (Å²) in [6.07, 6.45) is -2.44. The lowest BCUT2D eigenvalue weighted by atomic mass is 9.93. The summed E-state index contributed by atoms with van der Waals surface area (Å²) < 4.78 is 42.3. The molecule has 2 aliphatic rings. The van der Waals surface area contributed by atoms with Gasteiger partial charge in [0.1, 0.15) is 11.6 Å². The number of rotatable bonds is 4. The Labute approximate surface area is 194 Å². The van der Waals surface area contributed by atoms with E-state index in [0.717, 1.165) is 30.4 Å². The number of nitrogens with one attached hydrogen (secondary N) is 1. The first-order valence-corrected chi connectivity index (χ1v) is 11.5. The molecule has 0 amide bonds. The highest BCUT2D eigenvalue weighted by Gasteiger charge is 2.35. The van der Waals surface area contributed by atoms with Crippen molar-refractivity contribution in [2.24, 2.45) is 0 Å². The highest BCUT2D eigenvalue weighted by atomic mass is 19.4. The van der Waals surface area contributed by atoms with Gasteiger partial charge in [0.2, 0.25) is 0 Å². The van der Waals surface area contributed by atoms with Crippen molar-refractivity contribution < 1.29 is 13.2 Å². The quantitative estimate of drug-likeness (QED) is 0.624. The summed E-state index contributed by atoms with van der Waals surface area (Å²) in [7, 11) is 0. The SMILES string of the molecule is CC(C)(C)c1cc2nc(C(F)(F)F)cc(N3CCN(Cc4cc(=O)[nH]c(C5CC5)n4)CC3)n2n1. The molecule has 34 heavy (non-hydrogen) atoms. The Balaban J connectivity index is 1.38. The maximum absolute atomic E-state index is 13.6. The van der Waals surface area contributed by atoms with Crippen LogP contribution in [-0.4, -0.2) is 55.6 Å². The van der Waals surface area contributed by atoms with Gasteiger partial charge in [-0.1, -0.05) is 20.8 Å². The number of nitrogens with zero attached hydrogens (tertiary/aromatic N) is 6. The Morgan fingerprint density at radius 3 is 2.32 bits per heavy atom. The van der Waals surface area contributed by atoms with E-state index in [4.69, 9.17) is 0 Å². The van der Waals surface area contributed by atoms with Gasteiger partial charge in [0.15, 0.2) is 11.3 Å². The summed E-state index contributed by atoms with van der Waals surface area (Å²) in [6.45, 7) is 8.75. The van der Waals surface area contributed by atoms with E-state index in [1.807, 2.05) is 25.7 Å². The maximum atomic E-state index is 13.6. The molecular weight excluding hydrogens is 447 g/mol. The third-order valence-corrected chi connectivity index (χ3v) is 6.33. The number of anilines is 1. The lowest BCUT2D eigenvalue weighted by Gasteiger charge is -2.36. The molecule has 3 aromatic rings. The third-order valence-electron chi connectivity index (χ3n) is 6.33. The molecular formula is C23H28F3N7O. The molecule has 1 saturated heterocycles. The van der Waals surface area contributed by atoms with Gasteiger partial charge < -0.3 is 9.88 Å². The molecule has 3 aromatic heterocycles. The van der Waals surface area contributed by atoms with Crippen molar-refractivity contribution in [3.05, 3.63) is 51.5 Å². The van der Waals surface area contributed by atoms with Crippen molar-refractivity contribution in [3.63, 3.8) is 0 Å². The summed E-state index contributed by atoms with van der Waals surface area (Å²) >= 11 is 0. The summed E-state index contributed by atoms with van der Waals surface area (Å²) in [4.78, 5) is 27.4. The van der Waals surface area contributed by atoms with Crippen LogP contribution < -0.4 is 10.5 Å². The van der Waals surface area contributed by atoms with Gasteiger partial charge >= 0.3 is 6.18 Å². The van der Waals surface area contributed by atoms with Crippen LogP contribution in [0.5, 0.6) is 0 Å². The van der Waals surface area contributed by atoms with Crippen molar-refractivity contribution in [1.82, 2.24) is 29.5 Å². The van der Waals surface area contributed by atoms with Crippen LogP contribution in [0.25, 0.3) is 5.65 Å². The monoisotopic (exact) mass is 475 g/mol. The van der Waals surface area contributed by atoms with Crippen LogP contribution in [-0.2, 0) is 18.1 Å². The van der Waals surface area contributed by atoms with E-state index in [9.17, 15) is 18.0 Å². The first-order valence-electron chi connectivity index (χ1n) is 11.5. The summed E-state index contributed by atoms with van der Waals surface area (Å²) in [5.41, 5.74) is 0.230. The van der Waals surface area contributed by atoms with Crippen LogP contribution in [0, 0.1) is 0 Å². The smallest absolute Gasteiger partial charge is 0.354 e. The Kier molecular flexibility index (Phi) is 5.42. The van der Waals surface area contributed by atoms with Gasteiger partial charge in [-0.25, -0.2) is 9.97 Å². The number of piperazine rings is 1. The maximum Gasteiger partial charge on any atom is 0.433 e. The minimum absolute atomic E-state index is 0.141. The minimum atomic E-state index is -4.55. The highest BCUT2D eigenvalue weighted by Crippen LogP contribution is 2.37. The molecule has 8 nitrogen and oxygen atoms in total. The largest absolute Gasteiger partial charge is 0.433 e. The van der Waals surface area contributed by atoms with Crippen LogP contribution in [0.1, 0.15) is 62.4 Å². The predicted octanol–water partition coefficient (Wildman–Crippen LogP) is 3.33. The van der Waals surface area contributed by atoms with Crippen molar-refractivity contribution in [1.29, 1.82) is 0 Å². The van der Waals surface area contributed by atoms with Gasteiger partial charge in [-0.3, -0.25) is 9.69 Å². The van der Waals surface area contributed by atoms with Crippen LogP contribution in [0.3, 0.4) is 0 Å². The number of H-pyrrole nitrogens is 1. The standard InChI is InChI=1S/C23H28F3N7O/c1-22(2,3)16-11-18-28-17(23(24,25)26)12-20(33(18)30-16)32-8-6-31(7-9-32)13-15-10-19(34)29-21(27-15)14-4-5-14/h10-12,14H,4-9,13H2,1-3H3,(H,27,29,34). The van der Waals surface area contributed by atoms with E-state index in [2.05, 4.69) is 25.0 Å². The second-order valence-corrected chi connectivity index (χ2v) is 10.2. The zero-order chi connectivity index (χ0) is 24.3. The highest BCUT2D eigenvalue weighted by molar-refractivity contribution is 5.53. The van der Waals surface area contributed by atoms with E-state index in [1.54, 1.807) is 6.07 Å². The van der Waals surface area contributed by atoms with E-state index in [-0.39, 0.29) is 16.6 Å². The lowest BCUT2D eigenvalue weighted by Crippen LogP contribution is -2.47. The number of hydrogen-bond acceptors (Lipinski definition) is 6. The number of aromatic amines is 1. The van der Waals surface area contributed by atoms with Crippen LogP contribution in [0.15, 0.2) is 23.0 Å². The van der Waals surface area contributed by atoms with Gasteiger partial charge in [0.05, 0.1) is 11.4 Å². The Bertz CT molecular complexity index is 1260. The van der Waals surface area contributed by atoms with Crippen LogP contribution >= 0.6 is 0 Å². The number of alkyl halides is 3. The molecule has 0 bridgehead atoms. The number of fused-ring (bicyclic) bond motifs is 1. The van der Waals surface area contributed by atoms with E-state index < -0.39 is 11.9 Å². The molecule has 0 radical (unpaired) electrons. The molecule has 0 atom stereocenters. The van der Waals surface area contributed by atoms with Crippen LogP contribution in [0.2, 0.25) is 0 Å². The molecule has 11 heteroatoms. The topological polar surface area (TPSA) is 82.4 Å². The Hall–Kier alpha value is -2.95. The lowest BCUT2D eigenvalue weighted by molar-refractivity contribution is -0.141. The molecule has 4 heterocycles. The molecule has 2 fully saturated rings. The number of aromatic nitrogens is 5. The molecule has 0 aromatic carbocycles. The molecule has 0 spiro atoms. The fraction of sp³-hybridized carbons (Fsp3) is 0.565. The van der Waals surface area contributed by atoms with Crippen LogP contribution in [0.4, 0.5) is 19.0 Å². The Morgan fingerprint density at radius 2 is 1.71 bits per heavy atom. The first-order chi connectivity index (χ1) is 16.0. The fourth-order valence-electron chi connectivity index (χ4n) is 4.22. The van der Waals surface area contributed by atoms with E-state index >= 15 is 0 Å². The summed E-state index contributed by atoms with van der Waals surface area (Å²) in [6, 6.07) is 4.24. The average Bonchev–Trinajstić information content (AvgIpc) is 3.50. The van der Waals surface area contributed by atoms with Gasteiger partial charge in [-0.05, 0) is 12.8 Å². The Morgan fingerprint density at radius 1 is 1.00 bits per heavy atom. The molecule has 1 aliphatic heterocycles. The summed E-state index contributed by atoms with van der Waals surface area (Å²) in [5.74, 6) is 1.50. The van der Waals surface area contributed by atoms with Gasteiger partial charge in [-0.15, -0.1) is 0 Å². The minimum Gasteiger partial charge on any atom is -0.354 e. The summed E-state index contributed by atoms with van der Waals surface area (Å²) in [5, 5.41) is 4.59. The third kappa shape index (κ3) is 4.66. The number of halogens is 3. The molecule has 0 unspecified atom stereocenters. The second kappa shape index (κ2) is 8.07. The molecule has 1 aliphatic carbocycles. The predicted molar refractivity (Wildman–Crippen MR) is 121 cm³/mol. The van der Waals surface area contributed by atoms with Crippen molar-refractivity contribution >= 4 is 11.5 Å². The number of hydrogen-bond donors (Lipinski definition) is 1. The van der Waals surface area contributed by atoms with Gasteiger partial charge in [-0.2, -0.15) is 22.8 Å². The molecule has 1 saturated carbocycles. The van der Waals surface area contributed by atoms with E-state index in [0.29, 0.717) is 50.2 Å². The van der Waals surface area contributed by atoms with Crippen molar-refractivity contribution in [2.45, 2.75) is 57.7 Å². The van der Waals surface area contributed by atoms with Gasteiger partial charge in [0, 0.05) is 62.3 Å². The van der Waals surface area contributed by atoms with Gasteiger partial charge in [0.25, 0.3) is 5.56 Å². The van der Waals surface area contributed by atoms with Crippen molar-refractivity contribution in [2.75, 3.05) is 31.1 Å². The molecule has 5 rings (SSSR count). The van der Waals surface area contributed by atoms with Crippen molar-refractivity contribution in [3.8, 4) is 0 Å². The molecule has 182 valence electrons. The normalized spacial score (nSPS) is 18.1. The zero-order valence-electron chi connectivity index (χ0n) is 19.5. The zero-order valence-corrected chi connectivity index (χ0v) is 19.5. The second-order valence-electron chi connectivity index (χ2n) is 10.2.